The molecule has 2 unspecified atom stereocenters. The number of nitrogen functional groups attached to an aromatic ring is 1. The molecule has 2 atom stereocenters. The molecule has 0 spiro atoms. The van der Waals surface area contributed by atoms with Crippen molar-refractivity contribution in [2.75, 3.05) is 18.8 Å². The monoisotopic (exact) mass is 331 g/mol. The van der Waals surface area contributed by atoms with Crippen LogP contribution < -0.4 is 11.5 Å². The fourth-order valence-electron chi connectivity index (χ4n) is 3.43. The van der Waals surface area contributed by atoms with E-state index in [9.17, 15) is 9.90 Å². The lowest BCUT2D eigenvalue weighted by atomic mass is 9.94. The molecule has 2 aromatic rings. The van der Waals surface area contributed by atoms with Gasteiger partial charge in [-0.25, -0.2) is 4.79 Å². The van der Waals surface area contributed by atoms with Crippen LogP contribution in [0.3, 0.4) is 0 Å². The van der Waals surface area contributed by atoms with Crippen molar-refractivity contribution in [3.63, 3.8) is 0 Å². The zero-order valence-electron chi connectivity index (χ0n) is 13.0. The van der Waals surface area contributed by atoms with Gasteiger partial charge < -0.3 is 16.6 Å². The predicted octanol–water partition coefficient (Wildman–Crippen LogP) is 2.65. The first-order valence-electron chi connectivity index (χ1n) is 7.69. The van der Waals surface area contributed by atoms with Crippen LogP contribution in [0.4, 0.5) is 5.00 Å². The maximum Gasteiger partial charge on any atom is 0.338 e. The van der Waals surface area contributed by atoms with E-state index in [-0.39, 0.29) is 17.6 Å². The van der Waals surface area contributed by atoms with E-state index in [1.165, 1.54) is 16.9 Å². The van der Waals surface area contributed by atoms with Crippen molar-refractivity contribution in [2.24, 2.45) is 5.73 Å². The molecule has 1 aromatic heterocycles. The molecule has 6 heteroatoms. The summed E-state index contributed by atoms with van der Waals surface area (Å²) in [4.78, 5) is 14.8. The van der Waals surface area contributed by atoms with Gasteiger partial charge in [-0.1, -0.05) is 30.3 Å². The zero-order valence-corrected chi connectivity index (χ0v) is 13.8. The third-order valence-corrected chi connectivity index (χ3v) is 5.77. The van der Waals surface area contributed by atoms with Crippen LogP contribution in [0.5, 0.6) is 0 Å². The number of fused-ring (bicyclic) bond motifs is 1. The van der Waals surface area contributed by atoms with Crippen molar-refractivity contribution < 1.29 is 9.90 Å². The van der Waals surface area contributed by atoms with Crippen LogP contribution in [0.15, 0.2) is 30.3 Å². The summed E-state index contributed by atoms with van der Waals surface area (Å²) < 4.78 is 0. The van der Waals surface area contributed by atoms with Gasteiger partial charge in [0.15, 0.2) is 0 Å². The highest BCUT2D eigenvalue weighted by Crippen LogP contribution is 2.43. The molecule has 1 aromatic carbocycles. The standard InChI is InChI=1S/C17H21N3O2S/c1-10(11-5-3-2-4-6-11)20-8-7-12-14(17(21)22)16(19)23-15(12)13(20)9-18/h2-6,10,13H,7-9,18-19H2,1H3,(H,21,22). The number of hydrogen-bond acceptors (Lipinski definition) is 5. The van der Waals surface area contributed by atoms with E-state index < -0.39 is 5.97 Å². The van der Waals surface area contributed by atoms with Crippen LogP contribution in [-0.2, 0) is 6.42 Å². The van der Waals surface area contributed by atoms with Crippen LogP contribution in [0, 0.1) is 0 Å². The fourth-order valence-corrected chi connectivity index (χ4v) is 4.68. The Kier molecular flexibility index (Phi) is 4.39. The van der Waals surface area contributed by atoms with Gasteiger partial charge in [0, 0.05) is 24.0 Å². The minimum Gasteiger partial charge on any atom is -0.478 e. The Bertz CT molecular complexity index is 714. The van der Waals surface area contributed by atoms with Crippen LogP contribution in [0.25, 0.3) is 0 Å². The van der Waals surface area contributed by atoms with E-state index in [0.29, 0.717) is 18.0 Å². The molecule has 0 bridgehead atoms. The number of benzene rings is 1. The van der Waals surface area contributed by atoms with Crippen LogP contribution in [0.1, 0.15) is 45.4 Å². The smallest absolute Gasteiger partial charge is 0.338 e. The van der Waals surface area contributed by atoms with E-state index in [1.807, 2.05) is 18.2 Å². The summed E-state index contributed by atoms with van der Waals surface area (Å²) in [6.07, 6.45) is 0.693. The summed E-state index contributed by atoms with van der Waals surface area (Å²) >= 11 is 1.37. The Hall–Kier alpha value is -1.89. The van der Waals surface area contributed by atoms with E-state index in [2.05, 4.69) is 24.0 Å². The SMILES string of the molecule is CC(c1ccccc1)N1CCc2c(sc(N)c2C(=O)O)C1CN. The largest absolute Gasteiger partial charge is 0.478 e. The quantitative estimate of drug-likeness (QED) is 0.801. The highest BCUT2D eigenvalue weighted by atomic mass is 32.1. The third-order valence-electron chi connectivity index (χ3n) is 4.61. The minimum absolute atomic E-state index is 0.00866. The molecule has 2 heterocycles. The van der Waals surface area contributed by atoms with Gasteiger partial charge in [0.25, 0.3) is 0 Å². The molecule has 3 rings (SSSR count). The second kappa shape index (κ2) is 6.31. The number of carboxylic acids is 1. The normalized spacial score (nSPS) is 19.3. The van der Waals surface area contributed by atoms with Crippen molar-refractivity contribution >= 4 is 22.3 Å². The number of carbonyl (C=O) groups is 1. The Labute approximate surface area is 139 Å². The van der Waals surface area contributed by atoms with Crippen molar-refractivity contribution in [1.82, 2.24) is 4.90 Å². The molecule has 23 heavy (non-hydrogen) atoms. The van der Waals surface area contributed by atoms with Gasteiger partial charge in [-0.05, 0) is 24.5 Å². The third kappa shape index (κ3) is 2.73. The topological polar surface area (TPSA) is 92.6 Å². The summed E-state index contributed by atoms with van der Waals surface area (Å²) in [6, 6.07) is 10.5. The first-order chi connectivity index (χ1) is 11.0. The average molecular weight is 331 g/mol. The fraction of sp³-hybridized carbons (Fsp3) is 0.353. The van der Waals surface area contributed by atoms with E-state index in [1.54, 1.807) is 0 Å². The summed E-state index contributed by atoms with van der Waals surface area (Å²) in [5, 5.41) is 9.79. The van der Waals surface area contributed by atoms with Crippen molar-refractivity contribution in [1.29, 1.82) is 0 Å². The number of nitrogens with zero attached hydrogens (tertiary/aromatic N) is 1. The molecule has 1 aliphatic heterocycles. The second-order valence-electron chi connectivity index (χ2n) is 5.82. The Morgan fingerprint density at radius 1 is 1.43 bits per heavy atom. The maximum atomic E-state index is 11.5. The number of anilines is 1. The highest BCUT2D eigenvalue weighted by Gasteiger charge is 2.35. The summed E-state index contributed by atoms with van der Waals surface area (Å²) in [5.41, 5.74) is 14.4. The van der Waals surface area contributed by atoms with Gasteiger partial charge in [0.05, 0.1) is 11.6 Å². The van der Waals surface area contributed by atoms with Gasteiger partial charge >= 0.3 is 5.97 Å². The van der Waals surface area contributed by atoms with Gasteiger partial charge in [0.1, 0.15) is 5.00 Å². The lowest BCUT2D eigenvalue weighted by Gasteiger charge is -2.39. The number of aromatic carboxylic acids is 1. The number of thiophene rings is 1. The molecule has 0 fully saturated rings. The molecule has 0 saturated heterocycles. The molecule has 1 aliphatic rings. The molecule has 122 valence electrons. The Morgan fingerprint density at radius 3 is 2.74 bits per heavy atom. The van der Waals surface area contributed by atoms with E-state index in [4.69, 9.17) is 11.5 Å². The first-order valence-corrected chi connectivity index (χ1v) is 8.51. The highest BCUT2D eigenvalue weighted by molar-refractivity contribution is 7.16. The minimum atomic E-state index is -0.944. The van der Waals surface area contributed by atoms with Crippen molar-refractivity contribution in [2.45, 2.75) is 25.4 Å². The molecular formula is C17H21N3O2S. The van der Waals surface area contributed by atoms with Gasteiger partial charge in [-0.3, -0.25) is 4.90 Å². The van der Waals surface area contributed by atoms with Crippen molar-refractivity contribution in [3.05, 3.63) is 51.9 Å². The number of carboxylic acid groups (broad SMARTS) is 1. The van der Waals surface area contributed by atoms with Crippen molar-refractivity contribution in [3.8, 4) is 0 Å². The van der Waals surface area contributed by atoms with Crippen LogP contribution in [-0.4, -0.2) is 29.1 Å². The van der Waals surface area contributed by atoms with Crippen LogP contribution >= 0.6 is 11.3 Å². The average Bonchev–Trinajstić information content (AvgIpc) is 2.90. The summed E-state index contributed by atoms with van der Waals surface area (Å²) in [5.74, 6) is -0.944. The zero-order chi connectivity index (χ0) is 16.6. The number of rotatable bonds is 4. The molecular weight excluding hydrogens is 310 g/mol. The Balaban J connectivity index is 1.98. The van der Waals surface area contributed by atoms with Gasteiger partial charge in [0.2, 0.25) is 0 Å². The first kappa shape index (κ1) is 16.0. The molecule has 0 radical (unpaired) electrons. The predicted molar refractivity (Wildman–Crippen MR) is 92.8 cm³/mol. The lowest BCUT2D eigenvalue weighted by Crippen LogP contribution is -2.40. The van der Waals surface area contributed by atoms with Gasteiger partial charge in [-0.2, -0.15) is 0 Å². The summed E-state index contributed by atoms with van der Waals surface area (Å²) in [7, 11) is 0. The maximum absolute atomic E-state index is 11.5. The van der Waals surface area contributed by atoms with Gasteiger partial charge in [-0.15, -0.1) is 11.3 Å². The lowest BCUT2D eigenvalue weighted by molar-refractivity contribution is 0.0695. The molecule has 0 amide bonds. The molecule has 5 nitrogen and oxygen atoms in total. The number of hydrogen-bond donors (Lipinski definition) is 3. The molecule has 0 aliphatic carbocycles. The second-order valence-corrected chi connectivity index (χ2v) is 6.90. The van der Waals surface area contributed by atoms with E-state index >= 15 is 0 Å². The summed E-state index contributed by atoms with van der Waals surface area (Å²) in [6.45, 7) is 3.39. The molecule has 5 N–H and O–H groups in total. The Morgan fingerprint density at radius 2 is 2.13 bits per heavy atom. The number of nitrogens with two attached hydrogens (primary N) is 2. The van der Waals surface area contributed by atoms with Crippen LogP contribution in [0.2, 0.25) is 0 Å². The van der Waals surface area contributed by atoms with E-state index in [0.717, 1.165) is 17.0 Å². The molecule has 0 saturated carbocycles.